The lowest BCUT2D eigenvalue weighted by Crippen LogP contribution is -2.38. The van der Waals surface area contributed by atoms with E-state index in [1.165, 1.54) is 0 Å². The normalized spacial score (nSPS) is 14.1. The molecule has 4 rings (SSSR count). The van der Waals surface area contributed by atoms with Crippen LogP contribution in [0.1, 0.15) is 28.8 Å². The van der Waals surface area contributed by atoms with Crippen LogP contribution in [0.4, 0.5) is 11.4 Å². The van der Waals surface area contributed by atoms with Crippen LogP contribution in [-0.4, -0.2) is 24.9 Å². The highest BCUT2D eigenvalue weighted by Gasteiger charge is 2.23. The maximum absolute atomic E-state index is 12.6. The topological polar surface area (TPSA) is 84.7 Å². The molecule has 6 nitrogen and oxygen atoms in total. The molecule has 32 heavy (non-hydrogen) atoms. The average Bonchev–Trinajstić information content (AvgIpc) is 2.84. The van der Waals surface area contributed by atoms with Gasteiger partial charge in [-0.1, -0.05) is 30.3 Å². The number of hydrogen-bond donors (Lipinski definition) is 2. The van der Waals surface area contributed by atoms with Crippen LogP contribution in [-0.2, 0) is 11.4 Å². The molecule has 0 unspecified atom stereocenters. The van der Waals surface area contributed by atoms with Gasteiger partial charge in [-0.15, -0.1) is 0 Å². The van der Waals surface area contributed by atoms with Gasteiger partial charge in [0.05, 0.1) is 0 Å². The zero-order valence-corrected chi connectivity index (χ0v) is 17.9. The fraction of sp³-hybridized carbons (Fsp3) is 0.231. The largest absolute Gasteiger partial charge is 0.489 e. The quantitative estimate of drug-likeness (QED) is 0.589. The molecule has 0 bridgehead atoms. The number of hydrogen-bond acceptors (Lipinski definition) is 4. The SMILES string of the molecule is NC(=O)C1CCN(c2ccc(NC(=O)c3ccc(COc4ccccc4)cc3)cc2)CC1. The van der Waals surface area contributed by atoms with E-state index in [4.69, 9.17) is 10.5 Å². The maximum Gasteiger partial charge on any atom is 0.255 e. The van der Waals surface area contributed by atoms with Crippen molar-refractivity contribution in [3.05, 3.63) is 90.0 Å². The monoisotopic (exact) mass is 429 g/mol. The summed E-state index contributed by atoms with van der Waals surface area (Å²) in [4.78, 5) is 26.2. The molecule has 1 saturated heterocycles. The first-order valence-corrected chi connectivity index (χ1v) is 10.8. The molecule has 2 amide bonds. The van der Waals surface area contributed by atoms with Gasteiger partial charge in [-0.3, -0.25) is 9.59 Å². The number of para-hydroxylation sites is 1. The zero-order chi connectivity index (χ0) is 22.3. The van der Waals surface area contributed by atoms with Gasteiger partial charge in [0.1, 0.15) is 12.4 Å². The smallest absolute Gasteiger partial charge is 0.255 e. The van der Waals surface area contributed by atoms with E-state index in [9.17, 15) is 9.59 Å². The predicted octanol–water partition coefficient (Wildman–Crippen LogP) is 4.22. The molecule has 0 spiro atoms. The Kier molecular flexibility index (Phi) is 6.70. The predicted molar refractivity (Wildman–Crippen MR) is 126 cm³/mol. The first kappa shape index (κ1) is 21.4. The van der Waals surface area contributed by atoms with Crippen molar-refractivity contribution in [2.24, 2.45) is 11.7 Å². The number of anilines is 2. The van der Waals surface area contributed by atoms with Crippen LogP contribution in [0.15, 0.2) is 78.9 Å². The minimum Gasteiger partial charge on any atom is -0.489 e. The second-order valence-electron chi connectivity index (χ2n) is 7.96. The number of ether oxygens (including phenoxy) is 1. The summed E-state index contributed by atoms with van der Waals surface area (Å²) in [5.41, 5.74) is 8.81. The van der Waals surface area contributed by atoms with Crippen molar-refractivity contribution in [3.8, 4) is 5.75 Å². The summed E-state index contributed by atoms with van der Waals surface area (Å²) in [6.45, 7) is 2.06. The molecule has 0 saturated carbocycles. The van der Waals surface area contributed by atoms with Gasteiger partial charge >= 0.3 is 0 Å². The van der Waals surface area contributed by atoms with Crippen molar-refractivity contribution < 1.29 is 14.3 Å². The Morgan fingerprint density at radius 2 is 1.56 bits per heavy atom. The van der Waals surface area contributed by atoms with Gasteiger partial charge < -0.3 is 20.7 Å². The third-order valence-electron chi connectivity index (χ3n) is 5.75. The molecule has 1 heterocycles. The molecule has 1 aliphatic heterocycles. The maximum atomic E-state index is 12.6. The Morgan fingerprint density at radius 3 is 2.19 bits per heavy atom. The highest BCUT2D eigenvalue weighted by atomic mass is 16.5. The van der Waals surface area contributed by atoms with Gasteiger partial charge in [0.15, 0.2) is 0 Å². The zero-order valence-electron chi connectivity index (χ0n) is 17.9. The number of carbonyl (C=O) groups is 2. The third-order valence-corrected chi connectivity index (χ3v) is 5.75. The number of piperidine rings is 1. The number of amides is 2. The van der Waals surface area contributed by atoms with Crippen molar-refractivity contribution in [3.63, 3.8) is 0 Å². The van der Waals surface area contributed by atoms with Gasteiger partial charge in [0, 0.05) is 35.9 Å². The van der Waals surface area contributed by atoms with Crippen molar-refractivity contribution in [1.82, 2.24) is 0 Å². The van der Waals surface area contributed by atoms with Gasteiger partial charge in [-0.25, -0.2) is 0 Å². The summed E-state index contributed by atoms with van der Waals surface area (Å²) in [5.74, 6) is 0.422. The summed E-state index contributed by atoms with van der Waals surface area (Å²) in [5, 5.41) is 2.94. The van der Waals surface area contributed by atoms with E-state index in [0.29, 0.717) is 12.2 Å². The minimum atomic E-state index is -0.209. The van der Waals surface area contributed by atoms with Crippen LogP contribution in [0.25, 0.3) is 0 Å². The van der Waals surface area contributed by atoms with E-state index in [-0.39, 0.29) is 17.7 Å². The minimum absolute atomic E-state index is 0.0268. The molecule has 0 atom stereocenters. The van der Waals surface area contributed by atoms with E-state index >= 15 is 0 Å². The van der Waals surface area contributed by atoms with Gasteiger partial charge in [-0.05, 0) is 66.9 Å². The summed E-state index contributed by atoms with van der Waals surface area (Å²) in [6.07, 6.45) is 1.56. The summed E-state index contributed by atoms with van der Waals surface area (Å²) in [6, 6.07) is 24.8. The number of carbonyl (C=O) groups excluding carboxylic acids is 2. The highest BCUT2D eigenvalue weighted by molar-refractivity contribution is 6.04. The number of nitrogens with one attached hydrogen (secondary N) is 1. The fourth-order valence-electron chi connectivity index (χ4n) is 3.82. The molecule has 6 heteroatoms. The molecule has 0 aromatic heterocycles. The third kappa shape index (κ3) is 5.46. The molecule has 3 aromatic carbocycles. The van der Waals surface area contributed by atoms with Crippen LogP contribution in [0.2, 0.25) is 0 Å². The highest BCUT2D eigenvalue weighted by Crippen LogP contribution is 2.24. The Balaban J connectivity index is 1.29. The van der Waals surface area contributed by atoms with Crippen molar-refractivity contribution in [1.29, 1.82) is 0 Å². The van der Waals surface area contributed by atoms with Crippen LogP contribution in [0, 0.1) is 5.92 Å². The van der Waals surface area contributed by atoms with E-state index in [0.717, 1.165) is 48.6 Å². The van der Waals surface area contributed by atoms with Crippen molar-refractivity contribution in [2.45, 2.75) is 19.4 Å². The van der Waals surface area contributed by atoms with E-state index in [1.807, 2.05) is 66.7 Å². The number of nitrogens with zero attached hydrogens (tertiary/aromatic N) is 1. The first-order valence-electron chi connectivity index (χ1n) is 10.8. The first-order chi connectivity index (χ1) is 15.6. The molecule has 3 aromatic rings. The second kappa shape index (κ2) is 10.0. The molecular formula is C26H27N3O3. The Hall–Kier alpha value is -3.80. The number of nitrogens with two attached hydrogens (primary N) is 1. The van der Waals surface area contributed by atoms with Crippen molar-refractivity contribution in [2.75, 3.05) is 23.3 Å². The number of rotatable bonds is 7. The molecule has 1 aliphatic rings. The molecule has 3 N–H and O–H groups in total. The fourth-order valence-corrected chi connectivity index (χ4v) is 3.82. The molecule has 0 aliphatic carbocycles. The summed E-state index contributed by atoms with van der Waals surface area (Å²) >= 11 is 0. The van der Waals surface area contributed by atoms with Gasteiger partial charge in [-0.2, -0.15) is 0 Å². The molecule has 1 fully saturated rings. The average molecular weight is 430 g/mol. The Morgan fingerprint density at radius 1 is 0.906 bits per heavy atom. The van der Waals surface area contributed by atoms with Gasteiger partial charge in [0.25, 0.3) is 5.91 Å². The van der Waals surface area contributed by atoms with E-state index in [1.54, 1.807) is 12.1 Å². The van der Waals surface area contributed by atoms with Crippen LogP contribution in [0.3, 0.4) is 0 Å². The Labute approximate surface area is 188 Å². The lowest BCUT2D eigenvalue weighted by molar-refractivity contribution is -0.122. The lowest BCUT2D eigenvalue weighted by Gasteiger charge is -2.32. The van der Waals surface area contributed by atoms with Crippen LogP contribution in [0.5, 0.6) is 5.75 Å². The molecule has 0 radical (unpaired) electrons. The van der Waals surface area contributed by atoms with Gasteiger partial charge in [0.2, 0.25) is 5.91 Å². The number of primary amides is 1. The van der Waals surface area contributed by atoms with Crippen LogP contribution < -0.4 is 20.7 Å². The standard InChI is InChI=1S/C26H27N3O3/c27-25(30)20-14-16-29(17-15-20)23-12-10-22(11-13-23)28-26(31)21-8-6-19(7-9-21)18-32-24-4-2-1-3-5-24/h1-13,20H,14-18H2,(H2,27,30)(H,28,31). The van der Waals surface area contributed by atoms with Crippen LogP contribution >= 0.6 is 0 Å². The van der Waals surface area contributed by atoms with E-state index in [2.05, 4.69) is 10.2 Å². The van der Waals surface area contributed by atoms with E-state index < -0.39 is 0 Å². The molecule has 164 valence electrons. The van der Waals surface area contributed by atoms with Crippen molar-refractivity contribution >= 4 is 23.2 Å². The summed E-state index contributed by atoms with van der Waals surface area (Å²) < 4.78 is 5.74. The Bertz CT molecular complexity index is 1040. The number of benzene rings is 3. The summed E-state index contributed by atoms with van der Waals surface area (Å²) in [7, 11) is 0. The lowest BCUT2D eigenvalue weighted by atomic mass is 9.96. The molecular weight excluding hydrogens is 402 g/mol. The second-order valence-corrected chi connectivity index (χ2v) is 7.96.